The molecule has 1 aromatic carbocycles. The second-order valence-corrected chi connectivity index (χ2v) is 3.15. The highest BCUT2D eigenvalue weighted by Crippen LogP contribution is 2.22. The molecular formula is C9H6N4O4. The maximum absolute atomic E-state index is 10.8. The van der Waals surface area contributed by atoms with Gasteiger partial charge in [-0.2, -0.15) is 5.10 Å². The number of aromatic nitrogens is 2. The molecule has 86 valence electrons. The van der Waals surface area contributed by atoms with E-state index in [1.165, 1.54) is 18.2 Å². The van der Waals surface area contributed by atoms with Crippen LogP contribution in [0.4, 0.5) is 11.4 Å². The smallest absolute Gasteiger partial charge is 0.258 e. The molecule has 0 radical (unpaired) electrons. The molecular weight excluding hydrogens is 228 g/mol. The highest BCUT2D eigenvalue weighted by atomic mass is 16.6. The monoisotopic (exact) mass is 234 g/mol. The van der Waals surface area contributed by atoms with Gasteiger partial charge in [-0.05, 0) is 6.07 Å². The molecule has 0 aliphatic rings. The third-order valence-corrected chi connectivity index (χ3v) is 2.11. The Morgan fingerprint density at radius 2 is 1.82 bits per heavy atom. The largest absolute Gasteiger partial charge is 0.307 e. The van der Waals surface area contributed by atoms with E-state index in [4.69, 9.17) is 0 Å². The summed E-state index contributed by atoms with van der Waals surface area (Å²) in [7, 11) is 0. The van der Waals surface area contributed by atoms with E-state index in [2.05, 4.69) is 5.10 Å². The Morgan fingerprint density at radius 1 is 1.12 bits per heavy atom. The van der Waals surface area contributed by atoms with Gasteiger partial charge in [0, 0.05) is 6.07 Å². The molecule has 0 fully saturated rings. The third-order valence-electron chi connectivity index (χ3n) is 2.11. The first-order valence-electron chi connectivity index (χ1n) is 4.52. The number of hydrogen-bond donors (Lipinski definition) is 0. The van der Waals surface area contributed by atoms with Crippen LogP contribution in [-0.2, 0) is 0 Å². The fourth-order valence-electron chi connectivity index (χ4n) is 1.35. The van der Waals surface area contributed by atoms with E-state index in [9.17, 15) is 20.2 Å². The Labute approximate surface area is 94.4 Å². The van der Waals surface area contributed by atoms with Crippen molar-refractivity contribution in [2.75, 3.05) is 0 Å². The lowest BCUT2D eigenvalue weighted by Crippen LogP contribution is -1.99. The molecule has 0 atom stereocenters. The maximum atomic E-state index is 10.8. The summed E-state index contributed by atoms with van der Waals surface area (Å²) in [4.78, 5) is 20.1. The van der Waals surface area contributed by atoms with Crippen LogP contribution in [0.3, 0.4) is 0 Å². The molecule has 8 nitrogen and oxygen atoms in total. The van der Waals surface area contributed by atoms with Gasteiger partial charge in [-0.1, -0.05) is 12.1 Å². The first kappa shape index (κ1) is 10.7. The molecule has 2 aromatic rings. The van der Waals surface area contributed by atoms with Crippen molar-refractivity contribution in [3.05, 3.63) is 56.9 Å². The first-order valence-corrected chi connectivity index (χ1v) is 4.52. The molecule has 0 spiro atoms. The van der Waals surface area contributed by atoms with Crippen molar-refractivity contribution in [1.82, 2.24) is 9.78 Å². The Morgan fingerprint density at radius 3 is 2.41 bits per heavy atom. The number of nitrogens with zero attached hydrogens (tertiary/aromatic N) is 4. The van der Waals surface area contributed by atoms with Crippen molar-refractivity contribution in [2.45, 2.75) is 0 Å². The average Bonchev–Trinajstić information content (AvgIpc) is 2.78. The first-order chi connectivity index (χ1) is 8.09. The number of nitro groups is 2. The maximum Gasteiger partial charge on any atom is 0.307 e. The minimum Gasteiger partial charge on any atom is -0.258 e. The van der Waals surface area contributed by atoms with E-state index < -0.39 is 9.85 Å². The van der Waals surface area contributed by atoms with Crippen molar-refractivity contribution in [3.63, 3.8) is 0 Å². The number of benzene rings is 1. The van der Waals surface area contributed by atoms with Crippen LogP contribution >= 0.6 is 0 Å². The van der Waals surface area contributed by atoms with Crippen molar-refractivity contribution < 1.29 is 9.85 Å². The number of para-hydroxylation sites is 2. The summed E-state index contributed by atoms with van der Waals surface area (Å²) < 4.78 is 1.11. The molecule has 0 aliphatic carbocycles. The zero-order valence-corrected chi connectivity index (χ0v) is 8.39. The molecule has 17 heavy (non-hydrogen) atoms. The SMILES string of the molecule is O=[N+]([O-])c1cnn(-c2ccccc2[N+](=O)[O-])c1. The molecule has 8 heteroatoms. The van der Waals surface area contributed by atoms with Gasteiger partial charge in [0.05, 0.1) is 9.85 Å². The predicted molar refractivity (Wildman–Crippen MR) is 56.9 cm³/mol. The van der Waals surface area contributed by atoms with Gasteiger partial charge in [0.1, 0.15) is 18.1 Å². The lowest BCUT2D eigenvalue weighted by atomic mass is 10.3. The predicted octanol–water partition coefficient (Wildman–Crippen LogP) is 1.69. The number of nitro benzene ring substituents is 1. The second kappa shape index (κ2) is 4.00. The van der Waals surface area contributed by atoms with Crippen LogP contribution < -0.4 is 0 Å². The van der Waals surface area contributed by atoms with Gasteiger partial charge in [-0.15, -0.1) is 0 Å². The Balaban J connectivity index is 2.52. The van der Waals surface area contributed by atoms with Crippen molar-refractivity contribution in [1.29, 1.82) is 0 Å². The normalized spacial score (nSPS) is 10.1. The Kier molecular flexibility index (Phi) is 2.53. The van der Waals surface area contributed by atoms with Gasteiger partial charge < -0.3 is 0 Å². The van der Waals surface area contributed by atoms with Gasteiger partial charge in [-0.25, -0.2) is 4.68 Å². The van der Waals surface area contributed by atoms with E-state index in [-0.39, 0.29) is 17.1 Å². The fraction of sp³-hybridized carbons (Fsp3) is 0. The molecule has 1 heterocycles. The summed E-state index contributed by atoms with van der Waals surface area (Å²) in [5.41, 5.74) is -0.195. The third kappa shape index (κ3) is 1.95. The van der Waals surface area contributed by atoms with Crippen LogP contribution in [0.25, 0.3) is 5.69 Å². The van der Waals surface area contributed by atoms with E-state index in [0.717, 1.165) is 17.1 Å². The minimum atomic E-state index is -0.613. The molecule has 0 amide bonds. The molecule has 0 unspecified atom stereocenters. The summed E-state index contributed by atoms with van der Waals surface area (Å²) in [5.74, 6) is 0. The van der Waals surface area contributed by atoms with Crippen molar-refractivity contribution >= 4 is 11.4 Å². The summed E-state index contributed by atoms with van der Waals surface area (Å²) in [6.45, 7) is 0. The highest BCUT2D eigenvalue weighted by Gasteiger charge is 2.17. The van der Waals surface area contributed by atoms with Crippen molar-refractivity contribution in [3.8, 4) is 5.69 Å². The number of rotatable bonds is 3. The molecule has 0 saturated carbocycles. The lowest BCUT2D eigenvalue weighted by molar-refractivity contribution is -0.385. The van der Waals surface area contributed by atoms with E-state index in [1.54, 1.807) is 6.07 Å². The van der Waals surface area contributed by atoms with Crippen LogP contribution in [0.5, 0.6) is 0 Å². The zero-order valence-electron chi connectivity index (χ0n) is 8.39. The van der Waals surface area contributed by atoms with Crippen LogP contribution in [0.1, 0.15) is 0 Å². The summed E-state index contributed by atoms with van der Waals surface area (Å²) in [6, 6.07) is 5.88. The van der Waals surface area contributed by atoms with E-state index >= 15 is 0 Å². The molecule has 0 saturated heterocycles. The molecule has 0 bridgehead atoms. The van der Waals surface area contributed by atoms with Gasteiger partial charge in [0.25, 0.3) is 5.69 Å². The summed E-state index contributed by atoms with van der Waals surface area (Å²) >= 11 is 0. The Bertz CT molecular complexity index is 592. The van der Waals surface area contributed by atoms with Crippen LogP contribution in [0, 0.1) is 20.2 Å². The lowest BCUT2D eigenvalue weighted by Gasteiger charge is -2.00. The zero-order chi connectivity index (χ0) is 12.4. The van der Waals surface area contributed by atoms with Gasteiger partial charge >= 0.3 is 5.69 Å². The van der Waals surface area contributed by atoms with Crippen LogP contribution in [0.15, 0.2) is 36.7 Å². The van der Waals surface area contributed by atoms with E-state index in [1.807, 2.05) is 0 Å². The van der Waals surface area contributed by atoms with Crippen molar-refractivity contribution in [2.24, 2.45) is 0 Å². The fourth-order valence-corrected chi connectivity index (χ4v) is 1.35. The van der Waals surface area contributed by atoms with Crippen LogP contribution in [-0.4, -0.2) is 19.6 Å². The Hall–Kier alpha value is -2.77. The number of hydrogen-bond acceptors (Lipinski definition) is 5. The molecule has 0 aliphatic heterocycles. The van der Waals surface area contributed by atoms with Crippen LogP contribution in [0.2, 0.25) is 0 Å². The topological polar surface area (TPSA) is 104 Å². The van der Waals surface area contributed by atoms with E-state index in [0.29, 0.717) is 0 Å². The summed E-state index contributed by atoms with van der Waals surface area (Å²) in [5, 5.41) is 25.0. The molecule has 1 aromatic heterocycles. The average molecular weight is 234 g/mol. The van der Waals surface area contributed by atoms with Gasteiger partial charge in [-0.3, -0.25) is 20.2 Å². The van der Waals surface area contributed by atoms with Gasteiger partial charge in [0.2, 0.25) is 0 Å². The highest BCUT2D eigenvalue weighted by molar-refractivity contribution is 5.52. The summed E-state index contributed by atoms with van der Waals surface area (Å²) in [6.07, 6.45) is 2.17. The minimum absolute atomic E-state index is 0.162. The molecule has 0 N–H and O–H groups in total. The van der Waals surface area contributed by atoms with Gasteiger partial charge in [0.15, 0.2) is 0 Å². The second-order valence-electron chi connectivity index (χ2n) is 3.15. The molecule has 2 rings (SSSR count). The standard InChI is InChI=1S/C9H6N4O4/c14-12(15)7-5-10-11(6-7)8-3-1-2-4-9(8)13(16)17/h1-6H. The quantitative estimate of drug-likeness (QED) is 0.593.